The molecule has 1 aliphatic heterocycles. The highest BCUT2D eigenvalue weighted by Gasteiger charge is 2.34. The molecule has 1 atom stereocenters. The highest BCUT2D eigenvalue weighted by molar-refractivity contribution is 7.08. The summed E-state index contributed by atoms with van der Waals surface area (Å²) in [5.74, 6) is 1.12. The molecule has 1 aromatic rings. The first-order valence-electron chi connectivity index (χ1n) is 6.81. The van der Waals surface area contributed by atoms with E-state index in [1.807, 2.05) is 21.7 Å². The molecule has 2 aliphatic rings. The summed E-state index contributed by atoms with van der Waals surface area (Å²) >= 11 is 1.59. The molecule has 4 heteroatoms. The van der Waals surface area contributed by atoms with Gasteiger partial charge in [-0.15, -0.1) is 0 Å². The fourth-order valence-electron chi connectivity index (χ4n) is 2.78. The fraction of sp³-hybridized carbons (Fsp3) is 0.643. The summed E-state index contributed by atoms with van der Waals surface area (Å²) in [6.45, 7) is 6.17. The zero-order valence-corrected chi connectivity index (χ0v) is 11.7. The van der Waals surface area contributed by atoms with Crippen molar-refractivity contribution in [1.29, 1.82) is 0 Å². The second-order valence-corrected chi connectivity index (χ2v) is 6.20. The van der Waals surface area contributed by atoms with Gasteiger partial charge in [0.1, 0.15) is 0 Å². The topological polar surface area (TPSA) is 23.6 Å². The number of hydrogen-bond donors (Lipinski definition) is 0. The quantitative estimate of drug-likeness (QED) is 0.836. The lowest BCUT2D eigenvalue weighted by molar-refractivity contribution is 0.0564. The molecule has 0 spiro atoms. The Hall–Kier alpha value is -0.870. The van der Waals surface area contributed by atoms with Crippen molar-refractivity contribution in [3.63, 3.8) is 0 Å². The lowest BCUT2D eigenvalue weighted by Crippen LogP contribution is -2.51. The van der Waals surface area contributed by atoms with Gasteiger partial charge in [0.2, 0.25) is 0 Å². The Morgan fingerprint density at radius 1 is 1.33 bits per heavy atom. The van der Waals surface area contributed by atoms with Crippen LogP contribution in [0.3, 0.4) is 0 Å². The van der Waals surface area contributed by atoms with Gasteiger partial charge in [-0.3, -0.25) is 9.69 Å². The Morgan fingerprint density at radius 2 is 2.06 bits per heavy atom. The molecule has 0 bridgehead atoms. The van der Waals surface area contributed by atoms with Crippen molar-refractivity contribution in [2.45, 2.75) is 25.8 Å². The molecule has 98 valence electrons. The van der Waals surface area contributed by atoms with Gasteiger partial charge in [-0.2, -0.15) is 11.3 Å². The van der Waals surface area contributed by atoms with E-state index in [2.05, 4.69) is 11.8 Å². The van der Waals surface area contributed by atoms with E-state index in [0.717, 1.165) is 37.7 Å². The average Bonchev–Trinajstić information content (AvgIpc) is 3.12. The number of rotatable bonds is 3. The number of carbonyl (C=O) groups is 1. The molecule has 3 nitrogen and oxygen atoms in total. The lowest BCUT2D eigenvalue weighted by Gasteiger charge is -2.38. The van der Waals surface area contributed by atoms with Crippen molar-refractivity contribution < 1.29 is 4.79 Å². The Morgan fingerprint density at radius 3 is 2.61 bits per heavy atom. The summed E-state index contributed by atoms with van der Waals surface area (Å²) in [7, 11) is 0. The van der Waals surface area contributed by atoms with E-state index in [1.165, 1.54) is 12.8 Å². The zero-order chi connectivity index (χ0) is 12.5. The van der Waals surface area contributed by atoms with Crippen molar-refractivity contribution in [3.05, 3.63) is 22.4 Å². The molecule has 1 saturated heterocycles. The molecule has 1 unspecified atom stereocenters. The molecule has 0 radical (unpaired) electrons. The maximum Gasteiger partial charge on any atom is 0.254 e. The maximum atomic E-state index is 12.2. The summed E-state index contributed by atoms with van der Waals surface area (Å²) in [4.78, 5) is 16.7. The first kappa shape index (κ1) is 12.2. The molecule has 0 N–H and O–H groups in total. The predicted molar refractivity (Wildman–Crippen MR) is 74.0 cm³/mol. The number of piperazine rings is 1. The normalized spacial score (nSPS) is 23.1. The third kappa shape index (κ3) is 2.45. The molecule has 18 heavy (non-hydrogen) atoms. The summed E-state index contributed by atoms with van der Waals surface area (Å²) in [5, 5.41) is 3.92. The molecule has 0 aromatic carbocycles. The predicted octanol–water partition coefficient (Wildman–Crippen LogP) is 2.30. The highest BCUT2D eigenvalue weighted by atomic mass is 32.1. The van der Waals surface area contributed by atoms with Crippen LogP contribution < -0.4 is 0 Å². The van der Waals surface area contributed by atoms with Crippen LogP contribution in [-0.4, -0.2) is 47.9 Å². The average molecular weight is 264 g/mol. The van der Waals surface area contributed by atoms with Crippen molar-refractivity contribution in [3.8, 4) is 0 Å². The molecule has 1 amide bonds. The summed E-state index contributed by atoms with van der Waals surface area (Å²) in [5.41, 5.74) is 0.851. The van der Waals surface area contributed by atoms with Gasteiger partial charge in [0.15, 0.2) is 0 Å². The molecule has 2 fully saturated rings. The number of thiophene rings is 1. The second-order valence-electron chi connectivity index (χ2n) is 5.42. The fourth-order valence-corrected chi connectivity index (χ4v) is 3.41. The summed E-state index contributed by atoms with van der Waals surface area (Å²) in [6.07, 6.45) is 2.80. The van der Waals surface area contributed by atoms with Crippen LogP contribution in [0.4, 0.5) is 0 Å². The Labute approximate surface area is 112 Å². The van der Waals surface area contributed by atoms with Gasteiger partial charge in [0.25, 0.3) is 5.91 Å². The zero-order valence-electron chi connectivity index (χ0n) is 10.8. The van der Waals surface area contributed by atoms with Gasteiger partial charge in [-0.05, 0) is 37.1 Å². The van der Waals surface area contributed by atoms with Crippen LogP contribution >= 0.6 is 11.3 Å². The maximum absolute atomic E-state index is 12.2. The minimum Gasteiger partial charge on any atom is -0.336 e. The Bertz CT molecular complexity index is 405. The van der Waals surface area contributed by atoms with Crippen LogP contribution in [0.25, 0.3) is 0 Å². The Balaban J connectivity index is 1.55. The summed E-state index contributed by atoms with van der Waals surface area (Å²) in [6, 6.07) is 2.63. The van der Waals surface area contributed by atoms with Crippen LogP contribution in [0.5, 0.6) is 0 Å². The smallest absolute Gasteiger partial charge is 0.254 e. The molecule has 1 saturated carbocycles. The number of hydrogen-bond acceptors (Lipinski definition) is 3. The van der Waals surface area contributed by atoms with Gasteiger partial charge in [-0.25, -0.2) is 0 Å². The third-order valence-electron chi connectivity index (χ3n) is 4.25. The highest BCUT2D eigenvalue weighted by Crippen LogP contribution is 2.35. The largest absolute Gasteiger partial charge is 0.336 e. The van der Waals surface area contributed by atoms with E-state index >= 15 is 0 Å². The van der Waals surface area contributed by atoms with Crippen LogP contribution in [0.2, 0.25) is 0 Å². The number of amides is 1. The number of carbonyl (C=O) groups excluding carboxylic acids is 1. The van der Waals surface area contributed by atoms with E-state index in [1.54, 1.807) is 11.3 Å². The second kappa shape index (κ2) is 5.02. The van der Waals surface area contributed by atoms with Crippen molar-refractivity contribution >= 4 is 17.2 Å². The molecule has 3 rings (SSSR count). The van der Waals surface area contributed by atoms with Crippen LogP contribution in [-0.2, 0) is 0 Å². The summed E-state index contributed by atoms with van der Waals surface area (Å²) < 4.78 is 0. The SMILES string of the molecule is CC(C1CC1)N1CCN(C(=O)c2ccsc2)CC1. The van der Waals surface area contributed by atoms with E-state index in [-0.39, 0.29) is 5.91 Å². The first-order valence-corrected chi connectivity index (χ1v) is 7.75. The van der Waals surface area contributed by atoms with E-state index in [4.69, 9.17) is 0 Å². The van der Waals surface area contributed by atoms with Crippen LogP contribution in [0.15, 0.2) is 16.8 Å². The monoisotopic (exact) mass is 264 g/mol. The first-order chi connectivity index (χ1) is 8.75. The van der Waals surface area contributed by atoms with Crippen molar-refractivity contribution in [2.75, 3.05) is 26.2 Å². The van der Waals surface area contributed by atoms with Gasteiger partial charge in [-0.1, -0.05) is 0 Å². The number of nitrogens with zero attached hydrogens (tertiary/aromatic N) is 2. The van der Waals surface area contributed by atoms with Crippen LogP contribution in [0, 0.1) is 5.92 Å². The van der Waals surface area contributed by atoms with E-state index in [9.17, 15) is 4.79 Å². The molecule has 1 aromatic heterocycles. The Kier molecular flexibility index (Phi) is 3.39. The van der Waals surface area contributed by atoms with Gasteiger partial charge >= 0.3 is 0 Å². The van der Waals surface area contributed by atoms with Crippen LogP contribution in [0.1, 0.15) is 30.1 Å². The minimum atomic E-state index is 0.204. The van der Waals surface area contributed by atoms with Gasteiger partial charge in [0, 0.05) is 37.6 Å². The lowest BCUT2D eigenvalue weighted by atomic mass is 10.1. The third-order valence-corrected chi connectivity index (χ3v) is 4.93. The van der Waals surface area contributed by atoms with E-state index in [0.29, 0.717) is 6.04 Å². The minimum absolute atomic E-state index is 0.204. The van der Waals surface area contributed by atoms with Crippen molar-refractivity contribution in [2.24, 2.45) is 5.92 Å². The van der Waals surface area contributed by atoms with E-state index < -0.39 is 0 Å². The molecule has 1 aliphatic carbocycles. The van der Waals surface area contributed by atoms with Gasteiger partial charge in [0.05, 0.1) is 5.56 Å². The molecule has 2 heterocycles. The standard InChI is InChI=1S/C14H20N2OS/c1-11(12-2-3-12)15-5-7-16(8-6-15)14(17)13-4-9-18-10-13/h4,9-12H,2-3,5-8H2,1H3. The molecular weight excluding hydrogens is 244 g/mol. The van der Waals surface area contributed by atoms with Crippen molar-refractivity contribution in [1.82, 2.24) is 9.80 Å². The molecular formula is C14H20N2OS. The van der Waals surface area contributed by atoms with Gasteiger partial charge < -0.3 is 4.90 Å².